The standard InChI is InChI=1S/C26H46O2/c1-4-27-18-25(3)16-20(15-22-9-6-7-11-23(22)25)17-26(19-28-5-2)14-13-21-10-8-12-24(21)26/h20-24H,4-19H2,1-3H3. The SMILES string of the molecule is CCOCC1(C)CC(CC2(COCC)CCC3CCCC32)CC2CCCCC21. The first kappa shape index (κ1) is 21.2. The summed E-state index contributed by atoms with van der Waals surface area (Å²) in [5, 5.41) is 0. The van der Waals surface area contributed by atoms with E-state index in [0.717, 1.165) is 56.0 Å². The van der Waals surface area contributed by atoms with Crippen molar-refractivity contribution in [2.75, 3.05) is 26.4 Å². The van der Waals surface area contributed by atoms with Crippen LogP contribution < -0.4 is 0 Å². The fraction of sp³-hybridized carbons (Fsp3) is 1.00. The summed E-state index contributed by atoms with van der Waals surface area (Å²) < 4.78 is 12.2. The lowest BCUT2D eigenvalue weighted by Gasteiger charge is -2.53. The average molecular weight is 391 g/mol. The lowest BCUT2D eigenvalue weighted by Crippen LogP contribution is -2.46. The zero-order valence-corrected chi connectivity index (χ0v) is 19.0. The Labute approximate surface area is 174 Å². The van der Waals surface area contributed by atoms with Gasteiger partial charge in [0.2, 0.25) is 0 Å². The molecule has 2 heteroatoms. The highest BCUT2D eigenvalue weighted by Crippen LogP contribution is 2.61. The molecule has 2 nitrogen and oxygen atoms in total. The van der Waals surface area contributed by atoms with Crippen LogP contribution in [0.1, 0.15) is 97.8 Å². The van der Waals surface area contributed by atoms with Crippen molar-refractivity contribution in [3.63, 3.8) is 0 Å². The zero-order valence-electron chi connectivity index (χ0n) is 19.0. The molecule has 0 heterocycles. The Kier molecular flexibility index (Phi) is 6.77. The molecule has 0 aromatic carbocycles. The van der Waals surface area contributed by atoms with Gasteiger partial charge < -0.3 is 9.47 Å². The van der Waals surface area contributed by atoms with Gasteiger partial charge in [0.1, 0.15) is 0 Å². The van der Waals surface area contributed by atoms with Gasteiger partial charge in [0.15, 0.2) is 0 Å². The molecule has 4 aliphatic carbocycles. The van der Waals surface area contributed by atoms with Crippen LogP contribution in [0, 0.1) is 40.4 Å². The fourth-order valence-corrected chi connectivity index (χ4v) is 8.60. The van der Waals surface area contributed by atoms with E-state index in [1.807, 2.05) is 0 Å². The van der Waals surface area contributed by atoms with Crippen LogP contribution in [0.5, 0.6) is 0 Å². The second kappa shape index (κ2) is 8.96. The molecule has 0 bridgehead atoms. The third kappa shape index (κ3) is 4.07. The molecule has 28 heavy (non-hydrogen) atoms. The molecular weight excluding hydrogens is 344 g/mol. The molecule has 4 fully saturated rings. The second-order valence-corrected chi connectivity index (χ2v) is 11.3. The van der Waals surface area contributed by atoms with Crippen molar-refractivity contribution in [2.45, 2.75) is 97.8 Å². The van der Waals surface area contributed by atoms with E-state index < -0.39 is 0 Å². The van der Waals surface area contributed by atoms with Crippen molar-refractivity contribution in [1.29, 1.82) is 0 Å². The Morgan fingerprint density at radius 1 is 0.786 bits per heavy atom. The van der Waals surface area contributed by atoms with Gasteiger partial charge in [0.05, 0.1) is 13.2 Å². The summed E-state index contributed by atoms with van der Waals surface area (Å²) in [6, 6.07) is 0. The summed E-state index contributed by atoms with van der Waals surface area (Å²) in [7, 11) is 0. The molecule has 0 N–H and O–H groups in total. The molecule has 162 valence electrons. The van der Waals surface area contributed by atoms with E-state index in [1.165, 1.54) is 77.0 Å². The molecule has 0 aliphatic heterocycles. The number of rotatable bonds is 8. The van der Waals surface area contributed by atoms with Crippen LogP contribution in [0.15, 0.2) is 0 Å². The van der Waals surface area contributed by atoms with Crippen LogP contribution in [0.3, 0.4) is 0 Å². The third-order valence-electron chi connectivity index (χ3n) is 9.58. The molecule has 0 radical (unpaired) electrons. The molecule has 7 atom stereocenters. The molecule has 0 aromatic heterocycles. The maximum Gasteiger partial charge on any atom is 0.0525 e. The van der Waals surface area contributed by atoms with Crippen molar-refractivity contribution in [1.82, 2.24) is 0 Å². The van der Waals surface area contributed by atoms with Gasteiger partial charge in [-0.05, 0) is 99.2 Å². The van der Waals surface area contributed by atoms with Gasteiger partial charge in [-0.1, -0.05) is 39.0 Å². The Morgan fingerprint density at radius 2 is 1.50 bits per heavy atom. The molecule has 4 aliphatic rings. The van der Waals surface area contributed by atoms with Gasteiger partial charge in [-0.25, -0.2) is 0 Å². The number of hydrogen-bond acceptors (Lipinski definition) is 2. The Bertz CT molecular complexity index is 505. The largest absolute Gasteiger partial charge is 0.381 e. The van der Waals surface area contributed by atoms with Crippen molar-refractivity contribution in [3.8, 4) is 0 Å². The van der Waals surface area contributed by atoms with Gasteiger partial charge in [-0.3, -0.25) is 0 Å². The monoisotopic (exact) mass is 390 g/mol. The van der Waals surface area contributed by atoms with Crippen LogP contribution >= 0.6 is 0 Å². The van der Waals surface area contributed by atoms with Crippen LogP contribution in [-0.2, 0) is 9.47 Å². The third-order valence-corrected chi connectivity index (χ3v) is 9.58. The van der Waals surface area contributed by atoms with E-state index >= 15 is 0 Å². The molecule has 0 amide bonds. The summed E-state index contributed by atoms with van der Waals surface area (Å²) in [5.41, 5.74) is 0.903. The van der Waals surface area contributed by atoms with Gasteiger partial charge in [-0.2, -0.15) is 0 Å². The van der Waals surface area contributed by atoms with E-state index in [4.69, 9.17) is 9.47 Å². The highest BCUT2D eigenvalue weighted by atomic mass is 16.5. The van der Waals surface area contributed by atoms with E-state index in [1.54, 1.807) is 0 Å². The van der Waals surface area contributed by atoms with Crippen LogP contribution in [0.25, 0.3) is 0 Å². The van der Waals surface area contributed by atoms with Crippen molar-refractivity contribution < 1.29 is 9.47 Å². The fourth-order valence-electron chi connectivity index (χ4n) is 8.60. The van der Waals surface area contributed by atoms with Gasteiger partial charge in [-0.15, -0.1) is 0 Å². The lowest BCUT2D eigenvalue weighted by molar-refractivity contribution is -0.0788. The normalized spacial score (nSPS) is 45.8. The molecular formula is C26H46O2. The Balaban J connectivity index is 1.51. The second-order valence-electron chi connectivity index (χ2n) is 11.3. The number of hydrogen-bond donors (Lipinski definition) is 0. The predicted octanol–water partition coefficient (Wildman–Crippen LogP) is 6.87. The maximum absolute atomic E-state index is 6.17. The predicted molar refractivity (Wildman–Crippen MR) is 116 cm³/mol. The molecule has 0 saturated heterocycles. The number of fused-ring (bicyclic) bond motifs is 2. The van der Waals surface area contributed by atoms with E-state index in [0.29, 0.717) is 10.8 Å². The van der Waals surface area contributed by atoms with E-state index in [9.17, 15) is 0 Å². The van der Waals surface area contributed by atoms with Crippen molar-refractivity contribution in [3.05, 3.63) is 0 Å². The Hall–Kier alpha value is -0.0800. The average Bonchev–Trinajstić information content (AvgIpc) is 3.29. The topological polar surface area (TPSA) is 18.5 Å². The smallest absolute Gasteiger partial charge is 0.0525 e. The lowest BCUT2D eigenvalue weighted by atomic mass is 9.53. The minimum Gasteiger partial charge on any atom is -0.381 e. The summed E-state index contributed by atoms with van der Waals surface area (Å²) >= 11 is 0. The quantitative estimate of drug-likeness (QED) is 0.450. The summed E-state index contributed by atoms with van der Waals surface area (Å²) in [4.78, 5) is 0. The van der Waals surface area contributed by atoms with Crippen molar-refractivity contribution >= 4 is 0 Å². The summed E-state index contributed by atoms with van der Waals surface area (Å²) in [5.74, 6) is 4.74. The van der Waals surface area contributed by atoms with Crippen LogP contribution in [0.2, 0.25) is 0 Å². The van der Waals surface area contributed by atoms with E-state index in [2.05, 4.69) is 20.8 Å². The minimum atomic E-state index is 0.407. The minimum absolute atomic E-state index is 0.407. The van der Waals surface area contributed by atoms with Crippen LogP contribution in [-0.4, -0.2) is 26.4 Å². The highest BCUT2D eigenvalue weighted by Gasteiger charge is 2.53. The van der Waals surface area contributed by atoms with E-state index in [-0.39, 0.29) is 0 Å². The molecule has 4 rings (SSSR count). The van der Waals surface area contributed by atoms with Gasteiger partial charge in [0.25, 0.3) is 0 Å². The Morgan fingerprint density at radius 3 is 2.32 bits per heavy atom. The molecule has 4 saturated carbocycles. The maximum atomic E-state index is 6.17. The van der Waals surface area contributed by atoms with Crippen molar-refractivity contribution in [2.24, 2.45) is 40.4 Å². The molecule has 7 unspecified atom stereocenters. The summed E-state index contributed by atoms with van der Waals surface area (Å²) in [6.45, 7) is 10.7. The first-order valence-corrected chi connectivity index (χ1v) is 12.8. The first-order valence-electron chi connectivity index (χ1n) is 12.8. The highest BCUT2D eigenvalue weighted by molar-refractivity contribution is 5.03. The summed E-state index contributed by atoms with van der Waals surface area (Å²) in [6.07, 6.45) is 17.6. The molecule has 0 aromatic rings. The molecule has 0 spiro atoms. The zero-order chi connectivity index (χ0) is 19.6. The van der Waals surface area contributed by atoms with Gasteiger partial charge in [0, 0.05) is 13.2 Å². The van der Waals surface area contributed by atoms with Gasteiger partial charge >= 0.3 is 0 Å². The number of ether oxygens (including phenoxy) is 2. The van der Waals surface area contributed by atoms with Crippen LogP contribution in [0.4, 0.5) is 0 Å². The first-order chi connectivity index (χ1) is 13.6.